The lowest BCUT2D eigenvalue weighted by Gasteiger charge is -2.35. The lowest BCUT2D eigenvalue weighted by atomic mass is 9.99. The second-order valence-corrected chi connectivity index (χ2v) is 8.14. The molecule has 2 rings (SSSR count). The maximum Gasteiger partial charge on any atom is 0.240 e. The fraction of sp³-hybridized carbons (Fsp3) is 0.556. The van der Waals surface area contributed by atoms with Crippen LogP contribution in [0, 0.1) is 0 Å². The molecule has 1 aromatic rings. The Kier molecular flexibility index (Phi) is 6.72. The molecule has 0 radical (unpaired) electrons. The number of ketones is 1. The molecule has 1 fully saturated rings. The molecule has 0 saturated carbocycles. The van der Waals surface area contributed by atoms with Crippen LogP contribution >= 0.6 is 0 Å². The minimum Gasteiger partial charge on any atom is -0.340 e. The summed E-state index contributed by atoms with van der Waals surface area (Å²) in [6.45, 7) is 4.33. The van der Waals surface area contributed by atoms with Gasteiger partial charge < -0.3 is 4.90 Å². The topological polar surface area (TPSA) is 83.6 Å². The first-order chi connectivity index (χ1) is 11.8. The minimum absolute atomic E-state index is 0.00109. The highest BCUT2D eigenvalue weighted by atomic mass is 32.2. The molecular formula is C18H26N2O4S. The van der Waals surface area contributed by atoms with Crippen molar-refractivity contribution < 1.29 is 18.0 Å². The maximum atomic E-state index is 12.4. The first-order valence-corrected chi connectivity index (χ1v) is 10.2. The summed E-state index contributed by atoms with van der Waals surface area (Å²) in [4.78, 5) is 25.6. The summed E-state index contributed by atoms with van der Waals surface area (Å²) in [5.41, 5.74) is 0.463. The smallest absolute Gasteiger partial charge is 0.240 e. The van der Waals surface area contributed by atoms with E-state index in [0.29, 0.717) is 5.56 Å². The zero-order valence-electron chi connectivity index (χ0n) is 14.8. The van der Waals surface area contributed by atoms with Crippen LogP contribution in [0.1, 0.15) is 56.3 Å². The van der Waals surface area contributed by atoms with Gasteiger partial charge >= 0.3 is 0 Å². The molecule has 0 spiro atoms. The van der Waals surface area contributed by atoms with Crippen molar-refractivity contribution in [3.8, 4) is 0 Å². The minimum atomic E-state index is -3.68. The Morgan fingerprint density at radius 2 is 1.88 bits per heavy atom. The second kappa shape index (κ2) is 8.58. The summed E-state index contributed by atoms with van der Waals surface area (Å²) in [5, 5.41) is 0. The van der Waals surface area contributed by atoms with E-state index in [-0.39, 0.29) is 35.6 Å². The third-order valence-electron chi connectivity index (χ3n) is 4.62. The van der Waals surface area contributed by atoms with Crippen LogP contribution < -0.4 is 4.72 Å². The van der Waals surface area contributed by atoms with Crippen LogP contribution in [0.3, 0.4) is 0 Å². The summed E-state index contributed by atoms with van der Waals surface area (Å²) in [6, 6.07) is 6.05. The number of benzene rings is 1. The third-order valence-corrected chi connectivity index (χ3v) is 6.10. The largest absolute Gasteiger partial charge is 0.340 e. The third kappa shape index (κ3) is 5.12. The molecule has 1 aliphatic rings. The Morgan fingerprint density at radius 1 is 1.20 bits per heavy atom. The van der Waals surface area contributed by atoms with E-state index < -0.39 is 10.0 Å². The number of likely N-dealkylation sites (tertiary alicyclic amines) is 1. The number of sulfonamides is 1. The second-order valence-electron chi connectivity index (χ2n) is 6.37. The molecule has 25 heavy (non-hydrogen) atoms. The van der Waals surface area contributed by atoms with Crippen LogP contribution in [0.15, 0.2) is 29.2 Å². The Morgan fingerprint density at radius 3 is 2.48 bits per heavy atom. The number of nitrogens with one attached hydrogen (secondary N) is 1. The van der Waals surface area contributed by atoms with Gasteiger partial charge in [0, 0.05) is 31.1 Å². The number of piperidine rings is 1. The van der Waals surface area contributed by atoms with Crippen LogP contribution in [0.5, 0.6) is 0 Å². The summed E-state index contributed by atoms with van der Waals surface area (Å²) in [6.07, 6.45) is 4.26. The molecule has 0 aliphatic carbocycles. The van der Waals surface area contributed by atoms with Gasteiger partial charge in [-0.1, -0.05) is 19.1 Å². The van der Waals surface area contributed by atoms with E-state index >= 15 is 0 Å². The lowest BCUT2D eigenvalue weighted by Crippen LogP contribution is -2.44. The Hall–Kier alpha value is -1.73. The van der Waals surface area contributed by atoms with Crippen molar-refractivity contribution >= 4 is 21.7 Å². The SMILES string of the molecule is CCC1CCCCN1C(=O)CCNS(=O)(=O)c1ccc(C(C)=O)cc1. The number of rotatable bonds is 7. The average Bonchev–Trinajstić information content (AvgIpc) is 2.61. The summed E-state index contributed by atoms with van der Waals surface area (Å²) < 4.78 is 27.0. The van der Waals surface area contributed by atoms with Gasteiger partial charge in [-0.3, -0.25) is 9.59 Å². The highest BCUT2D eigenvalue weighted by Gasteiger charge is 2.25. The molecule has 1 amide bonds. The molecule has 6 nitrogen and oxygen atoms in total. The standard InChI is InChI=1S/C18H26N2O4S/c1-3-16-6-4-5-13-20(16)18(22)11-12-19-25(23,24)17-9-7-15(8-10-17)14(2)21/h7-10,16,19H,3-6,11-13H2,1-2H3. The van der Waals surface area contributed by atoms with E-state index in [1.165, 1.54) is 31.2 Å². The molecule has 1 aromatic carbocycles. The van der Waals surface area contributed by atoms with Gasteiger partial charge in [0.2, 0.25) is 15.9 Å². The molecule has 0 bridgehead atoms. The zero-order valence-corrected chi connectivity index (χ0v) is 15.6. The monoisotopic (exact) mass is 366 g/mol. The van der Waals surface area contributed by atoms with E-state index in [4.69, 9.17) is 0 Å². The molecular weight excluding hydrogens is 340 g/mol. The normalized spacial score (nSPS) is 18.2. The van der Waals surface area contributed by atoms with Gasteiger partial charge in [0.25, 0.3) is 0 Å². The number of Topliss-reactive ketones (excluding diaryl/α,β-unsaturated/α-hetero) is 1. The predicted molar refractivity (Wildman–Crippen MR) is 95.9 cm³/mol. The highest BCUT2D eigenvalue weighted by molar-refractivity contribution is 7.89. The number of hydrogen-bond donors (Lipinski definition) is 1. The van der Waals surface area contributed by atoms with Gasteiger partial charge in [0.1, 0.15) is 0 Å². The molecule has 0 aromatic heterocycles. The van der Waals surface area contributed by atoms with Gasteiger partial charge in [0.15, 0.2) is 5.78 Å². The van der Waals surface area contributed by atoms with Crippen molar-refractivity contribution in [2.75, 3.05) is 13.1 Å². The maximum absolute atomic E-state index is 12.4. The van der Waals surface area contributed by atoms with Crippen molar-refractivity contribution in [2.24, 2.45) is 0 Å². The fourth-order valence-corrected chi connectivity index (χ4v) is 4.17. The first kappa shape index (κ1) is 19.6. The van der Waals surface area contributed by atoms with Crippen molar-refractivity contribution in [3.05, 3.63) is 29.8 Å². The molecule has 1 saturated heterocycles. The quantitative estimate of drug-likeness (QED) is 0.751. The van der Waals surface area contributed by atoms with Gasteiger partial charge in [0.05, 0.1) is 4.90 Å². The first-order valence-electron chi connectivity index (χ1n) is 8.75. The molecule has 1 atom stereocenters. The van der Waals surface area contributed by atoms with Crippen molar-refractivity contribution in [2.45, 2.75) is 56.9 Å². The average molecular weight is 366 g/mol. The molecule has 1 heterocycles. The molecule has 1 aliphatic heterocycles. The molecule has 7 heteroatoms. The van der Waals surface area contributed by atoms with E-state index in [1.54, 1.807) is 0 Å². The summed E-state index contributed by atoms with van der Waals surface area (Å²) >= 11 is 0. The van der Waals surface area contributed by atoms with Gasteiger partial charge in [-0.25, -0.2) is 13.1 Å². The van der Waals surface area contributed by atoms with E-state index in [1.807, 2.05) is 4.90 Å². The lowest BCUT2D eigenvalue weighted by molar-refractivity contribution is -0.134. The highest BCUT2D eigenvalue weighted by Crippen LogP contribution is 2.20. The Balaban J connectivity index is 1.91. The van der Waals surface area contributed by atoms with Crippen molar-refractivity contribution in [3.63, 3.8) is 0 Å². The number of carbonyl (C=O) groups is 2. The van der Waals surface area contributed by atoms with Crippen molar-refractivity contribution in [1.82, 2.24) is 9.62 Å². The molecule has 1 N–H and O–H groups in total. The van der Waals surface area contributed by atoms with Gasteiger partial charge in [-0.15, -0.1) is 0 Å². The Labute approximate surface area is 149 Å². The number of carbonyl (C=O) groups excluding carboxylic acids is 2. The van der Waals surface area contributed by atoms with E-state index in [2.05, 4.69) is 11.6 Å². The number of hydrogen-bond acceptors (Lipinski definition) is 4. The van der Waals surface area contributed by atoms with E-state index in [9.17, 15) is 18.0 Å². The number of nitrogens with zero attached hydrogens (tertiary/aromatic N) is 1. The van der Waals surface area contributed by atoms with Crippen LogP contribution in [-0.2, 0) is 14.8 Å². The molecule has 138 valence electrons. The predicted octanol–water partition coefficient (Wildman–Crippen LogP) is 2.35. The van der Waals surface area contributed by atoms with Crippen LogP contribution in [0.4, 0.5) is 0 Å². The summed E-state index contributed by atoms with van der Waals surface area (Å²) in [5.74, 6) is -0.115. The Bertz CT molecular complexity index is 713. The molecule has 1 unspecified atom stereocenters. The van der Waals surface area contributed by atoms with E-state index in [0.717, 1.165) is 32.2 Å². The van der Waals surface area contributed by atoms with Gasteiger partial charge in [-0.05, 0) is 44.7 Å². The zero-order chi connectivity index (χ0) is 18.4. The van der Waals surface area contributed by atoms with Crippen LogP contribution in [0.2, 0.25) is 0 Å². The van der Waals surface area contributed by atoms with Crippen LogP contribution in [-0.4, -0.2) is 44.1 Å². The fourth-order valence-electron chi connectivity index (χ4n) is 3.14. The summed E-state index contributed by atoms with van der Waals surface area (Å²) in [7, 11) is -3.68. The van der Waals surface area contributed by atoms with Gasteiger partial charge in [-0.2, -0.15) is 0 Å². The van der Waals surface area contributed by atoms with Crippen LogP contribution in [0.25, 0.3) is 0 Å². The number of amides is 1. The van der Waals surface area contributed by atoms with Crippen molar-refractivity contribution in [1.29, 1.82) is 0 Å².